The molecule has 6 heterocycles. The van der Waals surface area contributed by atoms with Gasteiger partial charge >= 0.3 is 0 Å². The van der Waals surface area contributed by atoms with Gasteiger partial charge in [-0.05, 0) is 164 Å². The monoisotopic (exact) mass is 1920 g/mol. The topological polar surface area (TPSA) is 77.3 Å². The third-order valence-corrected chi connectivity index (χ3v) is 32.9. The van der Waals surface area contributed by atoms with Gasteiger partial charge < -0.3 is 0 Å². The Bertz CT molecular complexity index is 10400. The summed E-state index contributed by atoms with van der Waals surface area (Å²) in [6, 6.07) is 176. The summed E-state index contributed by atoms with van der Waals surface area (Å²) >= 11 is 5.65. The second-order valence-electron chi connectivity index (χ2n) is 37.6. The summed E-state index contributed by atoms with van der Waals surface area (Å²) in [5.41, 5.74) is 33.5. The van der Waals surface area contributed by atoms with E-state index in [0.29, 0.717) is 0 Å². The van der Waals surface area contributed by atoms with Crippen LogP contribution in [0.3, 0.4) is 0 Å². The van der Waals surface area contributed by atoms with E-state index in [1.807, 2.05) is 52.6 Å². The van der Waals surface area contributed by atoms with E-state index in [4.69, 9.17) is 29.9 Å². The molecule has 0 fully saturated rings. The highest BCUT2D eigenvalue weighted by Crippen LogP contribution is 2.52. The largest absolute Gasteiger partial charge is 0.252 e. The Morgan fingerprint density at radius 1 is 0.122 bits per heavy atom. The molecule has 684 valence electrons. The van der Waals surface area contributed by atoms with Gasteiger partial charge in [-0.25, -0.2) is 15.0 Å². The van der Waals surface area contributed by atoms with Gasteiger partial charge in [0.15, 0.2) is 0 Å². The van der Waals surface area contributed by atoms with Crippen LogP contribution < -0.4 is 0 Å². The van der Waals surface area contributed by atoms with E-state index >= 15 is 0 Å². The fraction of sp³-hybridized carbons (Fsp3) is 0. The van der Waals surface area contributed by atoms with Crippen LogP contribution in [-0.4, -0.2) is 29.9 Å². The number of aromatic nitrogens is 6. The zero-order valence-electron chi connectivity index (χ0n) is 79.4. The highest BCUT2D eigenvalue weighted by molar-refractivity contribution is 7.27. The minimum Gasteiger partial charge on any atom is -0.252 e. The highest BCUT2D eigenvalue weighted by Gasteiger charge is 2.25. The summed E-state index contributed by atoms with van der Waals surface area (Å²) in [6.07, 6.45) is 5.76. The van der Waals surface area contributed by atoms with Gasteiger partial charge in [0, 0.05) is 126 Å². The van der Waals surface area contributed by atoms with Crippen molar-refractivity contribution in [1.29, 1.82) is 0 Å². The maximum absolute atomic E-state index is 5.27. The molecule has 0 aliphatic heterocycles. The van der Waals surface area contributed by atoms with Crippen LogP contribution in [0.25, 0.3) is 292 Å². The smallest absolute Gasteiger partial charge is 0.0979 e. The molecule has 0 atom stereocenters. The molecular formula is C138H84N6S3. The predicted octanol–water partition coefficient (Wildman–Crippen LogP) is 38.9. The zero-order valence-corrected chi connectivity index (χ0v) is 81.9. The Balaban J connectivity index is 0.000000107. The predicted molar refractivity (Wildman–Crippen MR) is 628 cm³/mol. The highest BCUT2D eigenvalue weighted by atomic mass is 32.1. The van der Waals surface area contributed by atoms with Crippen molar-refractivity contribution in [2.45, 2.75) is 0 Å². The lowest BCUT2D eigenvalue weighted by Gasteiger charge is -2.11. The van der Waals surface area contributed by atoms with Crippen LogP contribution in [0, 0.1) is 0 Å². The summed E-state index contributed by atoms with van der Waals surface area (Å²) in [7, 11) is 0. The molecule has 0 bridgehead atoms. The molecule has 0 saturated heterocycles. The first-order valence-corrected chi connectivity index (χ1v) is 52.2. The fourth-order valence-electron chi connectivity index (χ4n) is 22.0. The Kier molecular flexibility index (Phi) is 21.4. The molecule has 30 rings (SSSR count). The van der Waals surface area contributed by atoms with Crippen molar-refractivity contribution in [3.63, 3.8) is 0 Å². The standard InChI is InChI=1S/C52H32N2S.C46H28N2S.C40H24N2S/c1-4-14-33(15-5-1)38-28-44(35-18-8-3-9-19-35)51-46(30-38)47-31-39(34-16-6-2-7-17-34)29-45(52(47)55-51)36-24-26-37(27-25-36)48-32-53-49-42-22-12-10-20-40(42)41-21-11-13-23-43(41)50(49)54-48;1-3-11-29(12-4-1)33-23-24-43-40(25-33)41-27-34(30-13-5-2-6-14-30)26-39(46(41)49-43)31-19-21-32(22-20-31)42-28-47-44-37-17-9-7-15-35(37)36-16-8-10-18-38(36)45(44)48-42;1-2-10-25(11-3-1)28-16-8-18-34-35-19-9-17-29(40(35)43-39(28)34)26-20-22-27(23-21-26)36-24-41-37-32-14-6-4-12-30(32)31-13-5-7-15-33(31)38(37)42-36/h1-32H;1-28H;1-24H. The summed E-state index contributed by atoms with van der Waals surface area (Å²) in [4.78, 5) is 30.7. The summed E-state index contributed by atoms with van der Waals surface area (Å²) in [5.74, 6) is 0. The van der Waals surface area contributed by atoms with Crippen molar-refractivity contribution in [3.8, 4) is 134 Å². The lowest BCUT2D eigenvalue weighted by atomic mass is 9.93. The first-order chi connectivity index (χ1) is 72.9. The maximum Gasteiger partial charge on any atom is 0.0979 e. The van der Waals surface area contributed by atoms with Crippen LogP contribution >= 0.6 is 34.0 Å². The summed E-state index contributed by atoms with van der Waals surface area (Å²) in [5, 5.41) is 21.8. The number of nitrogens with zero attached hydrogens (tertiary/aromatic N) is 6. The van der Waals surface area contributed by atoms with Gasteiger partial charge in [0.1, 0.15) is 0 Å². The van der Waals surface area contributed by atoms with Gasteiger partial charge in [-0.3, -0.25) is 15.0 Å². The molecular weight excluding hydrogens is 1840 g/mol. The molecule has 0 saturated carbocycles. The summed E-state index contributed by atoms with van der Waals surface area (Å²) < 4.78 is 7.83. The minimum atomic E-state index is 0.866. The Hall–Kier alpha value is -18.5. The van der Waals surface area contributed by atoms with Crippen LogP contribution in [0.5, 0.6) is 0 Å². The Morgan fingerprint density at radius 2 is 0.340 bits per heavy atom. The van der Waals surface area contributed by atoms with Crippen LogP contribution in [0.15, 0.2) is 510 Å². The molecule has 147 heavy (non-hydrogen) atoms. The van der Waals surface area contributed by atoms with Crippen molar-refractivity contribution in [3.05, 3.63) is 510 Å². The average Bonchev–Trinajstić information content (AvgIpc) is 1.000. The van der Waals surface area contributed by atoms with Crippen molar-refractivity contribution in [2.24, 2.45) is 0 Å². The number of hydrogen-bond donors (Lipinski definition) is 0. The molecule has 0 N–H and O–H groups in total. The number of rotatable bonds is 12. The van der Waals surface area contributed by atoms with E-state index in [1.54, 1.807) is 0 Å². The van der Waals surface area contributed by atoms with Crippen molar-refractivity contribution in [2.75, 3.05) is 0 Å². The second kappa shape index (κ2) is 36.5. The van der Waals surface area contributed by atoms with Gasteiger partial charge in [-0.2, -0.15) is 0 Å². The Morgan fingerprint density at radius 3 is 0.660 bits per heavy atom. The molecule has 0 aliphatic rings. The van der Waals surface area contributed by atoms with Gasteiger partial charge in [-0.15, -0.1) is 34.0 Å². The number of benzene rings is 24. The van der Waals surface area contributed by atoms with E-state index in [1.165, 1.54) is 193 Å². The first kappa shape index (κ1) is 86.4. The SMILES string of the molecule is c1ccc(-c2cc(-c3ccccc3)c3sc4c(-c5ccc(-c6cnc7c8ccccc8c8ccccc8c7n6)cc5)cc(-c5ccccc5)cc4c3c2)cc1.c1ccc(-c2ccc3sc4c(-c5ccc(-c6cnc7c8ccccc8c8ccccc8c7n6)cc5)cc(-c5ccccc5)cc4c3c2)cc1.c1ccc(-c2cccc3c2sc2c(-c4ccc(-c5cnc6c7ccccc7c7ccccc7c6n5)cc4)cccc23)cc1. The van der Waals surface area contributed by atoms with E-state index in [0.717, 1.165) is 99.2 Å². The van der Waals surface area contributed by atoms with E-state index in [2.05, 4.69) is 491 Å². The van der Waals surface area contributed by atoms with Crippen LogP contribution in [0.4, 0.5) is 0 Å². The lowest BCUT2D eigenvalue weighted by Crippen LogP contribution is -1.92. The molecule has 0 aliphatic carbocycles. The number of hydrogen-bond acceptors (Lipinski definition) is 9. The second-order valence-corrected chi connectivity index (χ2v) is 40.7. The van der Waals surface area contributed by atoms with Crippen molar-refractivity contribution < 1.29 is 0 Å². The first-order valence-electron chi connectivity index (χ1n) is 49.7. The zero-order chi connectivity index (χ0) is 96.9. The molecule has 0 radical (unpaired) electrons. The fourth-order valence-corrected chi connectivity index (χ4v) is 25.9. The normalized spacial score (nSPS) is 11.7. The molecule has 24 aromatic carbocycles. The molecule has 0 amide bonds. The van der Waals surface area contributed by atoms with E-state index in [9.17, 15) is 0 Å². The quantitative estimate of drug-likeness (QED) is 0.113. The van der Waals surface area contributed by atoms with Gasteiger partial charge in [0.05, 0.1) is 68.8 Å². The molecule has 6 aromatic heterocycles. The minimum absolute atomic E-state index is 0.866. The number of thiophene rings is 3. The van der Waals surface area contributed by atoms with Crippen molar-refractivity contribution in [1.82, 2.24) is 29.9 Å². The van der Waals surface area contributed by atoms with Crippen molar-refractivity contribution >= 4 is 192 Å². The van der Waals surface area contributed by atoms with Crippen LogP contribution in [0.2, 0.25) is 0 Å². The van der Waals surface area contributed by atoms with Crippen LogP contribution in [0.1, 0.15) is 0 Å². The lowest BCUT2D eigenvalue weighted by molar-refractivity contribution is 1.31. The molecule has 6 nitrogen and oxygen atoms in total. The summed E-state index contributed by atoms with van der Waals surface area (Å²) in [6.45, 7) is 0. The third-order valence-electron chi connectivity index (χ3n) is 29.1. The Labute approximate surface area is 859 Å². The maximum atomic E-state index is 5.27. The van der Waals surface area contributed by atoms with Gasteiger partial charge in [0.2, 0.25) is 0 Å². The molecule has 0 unspecified atom stereocenters. The molecule has 30 aromatic rings. The third kappa shape index (κ3) is 15.4. The van der Waals surface area contributed by atoms with E-state index in [-0.39, 0.29) is 0 Å². The average molecular weight is 1920 g/mol. The van der Waals surface area contributed by atoms with E-state index < -0.39 is 0 Å². The van der Waals surface area contributed by atoms with Gasteiger partial charge in [0.25, 0.3) is 0 Å². The van der Waals surface area contributed by atoms with Crippen LogP contribution in [-0.2, 0) is 0 Å². The molecule has 0 spiro atoms. The number of fused-ring (bicyclic) bond motifs is 27. The molecule has 9 heteroatoms. The van der Waals surface area contributed by atoms with Gasteiger partial charge in [-0.1, -0.05) is 443 Å².